The van der Waals surface area contributed by atoms with Crippen LogP contribution in [0.15, 0.2) is 22.5 Å². The number of hydrogen-bond acceptors (Lipinski definition) is 5. The normalized spacial score (nSPS) is 20.3. The highest BCUT2D eigenvalue weighted by Gasteiger charge is 2.38. The van der Waals surface area contributed by atoms with Crippen molar-refractivity contribution < 1.29 is 14.3 Å². The highest BCUT2D eigenvalue weighted by Crippen LogP contribution is 2.33. The number of morpholine rings is 1. The molecule has 0 atom stereocenters. The van der Waals surface area contributed by atoms with Crippen LogP contribution in [-0.4, -0.2) is 61.0 Å². The Morgan fingerprint density at radius 3 is 2.64 bits per heavy atom. The van der Waals surface area contributed by atoms with Crippen molar-refractivity contribution in [1.82, 2.24) is 9.80 Å². The number of amides is 2. The van der Waals surface area contributed by atoms with Gasteiger partial charge in [0.15, 0.2) is 0 Å². The Morgan fingerprint density at radius 1 is 1.18 bits per heavy atom. The largest absolute Gasteiger partial charge is 0.379 e. The summed E-state index contributed by atoms with van der Waals surface area (Å²) in [4.78, 5) is 28.9. The minimum atomic E-state index is -0.378. The van der Waals surface area contributed by atoms with Gasteiger partial charge < -0.3 is 4.74 Å². The number of imide groups is 1. The summed E-state index contributed by atoms with van der Waals surface area (Å²) in [5.41, 5.74) is 0.341. The molecule has 0 bridgehead atoms. The van der Waals surface area contributed by atoms with Crippen molar-refractivity contribution in [3.8, 4) is 0 Å². The van der Waals surface area contributed by atoms with Crippen LogP contribution in [0, 0.1) is 0 Å². The third-order valence-corrected chi connectivity index (χ3v) is 5.08. The van der Waals surface area contributed by atoms with Crippen molar-refractivity contribution in [2.24, 2.45) is 0 Å². The molecule has 2 aliphatic rings. The van der Waals surface area contributed by atoms with Crippen LogP contribution in [0.2, 0.25) is 0 Å². The molecule has 0 unspecified atom stereocenters. The maximum absolute atomic E-state index is 12.4. The number of nitrogens with zero attached hydrogens (tertiary/aromatic N) is 2. The van der Waals surface area contributed by atoms with Crippen molar-refractivity contribution in [2.75, 3.05) is 39.4 Å². The molecule has 1 fully saturated rings. The molecule has 3 rings (SSSR count). The van der Waals surface area contributed by atoms with Gasteiger partial charge in [-0.2, -0.15) is 0 Å². The van der Waals surface area contributed by atoms with Gasteiger partial charge in [0.25, 0.3) is 11.8 Å². The molecule has 0 saturated carbocycles. The van der Waals surface area contributed by atoms with Gasteiger partial charge in [-0.15, -0.1) is 11.3 Å². The second-order valence-electron chi connectivity index (χ2n) is 5.24. The molecular formula is C15H17ClN2O3S. The zero-order valence-electron chi connectivity index (χ0n) is 12.1. The average molecular weight is 341 g/mol. The lowest BCUT2D eigenvalue weighted by atomic mass is 10.2. The molecular weight excluding hydrogens is 324 g/mol. The number of rotatable bonds is 5. The second kappa shape index (κ2) is 6.91. The molecule has 0 aliphatic carbocycles. The smallest absolute Gasteiger partial charge is 0.273 e. The molecule has 1 aromatic heterocycles. The highest BCUT2D eigenvalue weighted by atomic mass is 35.5. The highest BCUT2D eigenvalue weighted by molar-refractivity contribution is 7.11. The third-order valence-electron chi connectivity index (χ3n) is 3.84. The van der Waals surface area contributed by atoms with Crippen LogP contribution in [0.5, 0.6) is 0 Å². The monoisotopic (exact) mass is 340 g/mol. The Labute approximate surface area is 138 Å². The van der Waals surface area contributed by atoms with Crippen LogP contribution in [-0.2, 0) is 14.3 Å². The van der Waals surface area contributed by atoms with Crippen LogP contribution < -0.4 is 0 Å². The molecule has 118 valence electrons. The van der Waals surface area contributed by atoms with E-state index >= 15 is 0 Å². The molecule has 0 spiro atoms. The van der Waals surface area contributed by atoms with E-state index in [0.29, 0.717) is 12.1 Å². The Morgan fingerprint density at radius 2 is 1.95 bits per heavy atom. The van der Waals surface area contributed by atoms with Gasteiger partial charge in [0.05, 0.1) is 18.8 Å². The first kappa shape index (κ1) is 15.7. The van der Waals surface area contributed by atoms with Crippen molar-refractivity contribution in [3.63, 3.8) is 0 Å². The van der Waals surface area contributed by atoms with Gasteiger partial charge in [0, 0.05) is 31.1 Å². The molecule has 22 heavy (non-hydrogen) atoms. The molecule has 1 aromatic rings. The lowest BCUT2D eigenvalue weighted by Crippen LogP contribution is -2.39. The molecule has 7 heteroatoms. The van der Waals surface area contributed by atoms with Gasteiger partial charge in [-0.25, -0.2) is 0 Å². The summed E-state index contributed by atoms with van der Waals surface area (Å²) in [5.74, 6) is -0.656. The van der Waals surface area contributed by atoms with Crippen LogP contribution in [0.4, 0.5) is 0 Å². The zero-order valence-corrected chi connectivity index (χ0v) is 13.7. The summed E-state index contributed by atoms with van der Waals surface area (Å²) in [6.45, 7) is 4.56. The van der Waals surface area contributed by atoms with E-state index in [-0.39, 0.29) is 16.8 Å². The topological polar surface area (TPSA) is 49.9 Å². The summed E-state index contributed by atoms with van der Waals surface area (Å²) >= 11 is 7.50. The first-order chi connectivity index (χ1) is 10.7. The third kappa shape index (κ3) is 3.10. The summed E-state index contributed by atoms with van der Waals surface area (Å²) in [6, 6.07) is 3.65. The first-order valence-corrected chi connectivity index (χ1v) is 8.54. The second-order valence-corrected chi connectivity index (χ2v) is 6.56. The van der Waals surface area contributed by atoms with Crippen LogP contribution in [0.25, 0.3) is 5.57 Å². The predicted octanol–water partition coefficient (Wildman–Crippen LogP) is 1.79. The number of thiophene rings is 1. The van der Waals surface area contributed by atoms with E-state index in [1.54, 1.807) is 0 Å². The molecule has 5 nitrogen and oxygen atoms in total. The van der Waals surface area contributed by atoms with E-state index in [4.69, 9.17) is 16.3 Å². The zero-order chi connectivity index (χ0) is 15.5. The molecule has 1 saturated heterocycles. The Hall–Kier alpha value is -1.21. The van der Waals surface area contributed by atoms with Crippen LogP contribution in [0.3, 0.4) is 0 Å². The molecule has 0 N–H and O–H groups in total. The number of carbonyl (C=O) groups is 2. The quantitative estimate of drug-likeness (QED) is 0.767. The number of ether oxygens (including phenoxy) is 1. The van der Waals surface area contributed by atoms with Crippen LogP contribution >= 0.6 is 22.9 Å². The lowest BCUT2D eigenvalue weighted by Gasteiger charge is -2.27. The molecule has 3 heterocycles. The maximum Gasteiger partial charge on any atom is 0.273 e. The van der Waals surface area contributed by atoms with Gasteiger partial charge >= 0.3 is 0 Å². The van der Waals surface area contributed by atoms with E-state index in [1.807, 2.05) is 17.5 Å². The fourth-order valence-electron chi connectivity index (χ4n) is 2.66. The molecule has 2 amide bonds. The van der Waals surface area contributed by atoms with E-state index in [9.17, 15) is 9.59 Å². The van der Waals surface area contributed by atoms with Crippen molar-refractivity contribution in [2.45, 2.75) is 6.42 Å². The predicted molar refractivity (Wildman–Crippen MR) is 85.7 cm³/mol. The van der Waals surface area contributed by atoms with E-state index in [1.165, 1.54) is 16.2 Å². The Kier molecular flexibility index (Phi) is 4.93. The molecule has 0 radical (unpaired) electrons. The van der Waals surface area contributed by atoms with E-state index < -0.39 is 0 Å². The van der Waals surface area contributed by atoms with Gasteiger partial charge in [-0.3, -0.25) is 19.4 Å². The number of hydrogen-bond donors (Lipinski definition) is 0. The Bertz CT molecular complexity index is 594. The van der Waals surface area contributed by atoms with Gasteiger partial charge in [0.2, 0.25) is 0 Å². The van der Waals surface area contributed by atoms with Gasteiger partial charge in [-0.1, -0.05) is 17.7 Å². The fraction of sp³-hybridized carbons (Fsp3) is 0.467. The standard InChI is InChI=1S/C15H17ClN2O3S/c16-13-12(11-3-1-10-22-11)14(19)18(15(13)20)5-2-4-17-6-8-21-9-7-17/h1,3,10H,2,4-9H2. The number of carbonyl (C=O) groups excluding carboxylic acids is 2. The van der Waals surface area contributed by atoms with E-state index in [0.717, 1.165) is 44.1 Å². The van der Waals surface area contributed by atoms with Crippen molar-refractivity contribution in [1.29, 1.82) is 0 Å². The van der Waals surface area contributed by atoms with Crippen molar-refractivity contribution in [3.05, 3.63) is 27.4 Å². The molecule has 2 aliphatic heterocycles. The van der Waals surface area contributed by atoms with Crippen LogP contribution in [0.1, 0.15) is 11.3 Å². The summed E-state index contributed by atoms with van der Waals surface area (Å²) in [5, 5.41) is 1.91. The Balaban J connectivity index is 1.59. The lowest BCUT2D eigenvalue weighted by molar-refractivity contribution is -0.136. The average Bonchev–Trinajstić information content (AvgIpc) is 3.11. The van der Waals surface area contributed by atoms with Gasteiger partial charge in [0.1, 0.15) is 5.03 Å². The van der Waals surface area contributed by atoms with Gasteiger partial charge in [-0.05, 0) is 17.9 Å². The minimum Gasteiger partial charge on any atom is -0.379 e. The number of halogens is 1. The minimum absolute atomic E-state index is 0.0406. The molecule has 0 aromatic carbocycles. The van der Waals surface area contributed by atoms with Crippen molar-refractivity contribution >= 4 is 40.3 Å². The fourth-order valence-corrected chi connectivity index (χ4v) is 3.77. The maximum atomic E-state index is 12.4. The summed E-state index contributed by atoms with van der Waals surface area (Å²) in [6.07, 6.45) is 0.749. The summed E-state index contributed by atoms with van der Waals surface area (Å²) in [7, 11) is 0. The SMILES string of the molecule is O=C1C(Cl)=C(c2cccs2)C(=O)N1CCCN1CCOCC1. The summed E-state index contributed by atoms with van der Waals surface area (Å²) < 4.78 is 5.30. The first-order valence-electron chi connectivity index (χ1n) is 7.28. The van der Waals surface area contributed by atoms with E-state index in [2.05, 4.69) is 4.90 Å².